The van der Waals surface area contributed by atoms with Crippen molar-refractivity contribution in [2.45, 2.75) is 19.4 Å². The number of rotatable bonds is 6. The lowest BCUT2D eigenvalue weighted by Gasteiger charge is -2.05. The first-order chi connectivity index (χ1) is 11.7. The minimum absolute atomic E-state index is 0.0949. The van der Waals surface area contributed by atoms with E-state index in [1.807, 2.05) is 48.5 Å². The third kappa shape index (κ3) is 4.01. The number of carbonyl (C=O) groups is 1. The number of aryl methyl sites for hydroxylation is 1. The Balaban J connectivity index is 1.50. The molecule has 0 radical (unpaired) electrons. The van der Waals surface area contributed by atoms with Crippen molar-refractivity contribution in [1.82, 2.24) is 10.5 Å². The fraction of sp³-hybridized carbons (Fsp3) is 0.158. The van der Waals surface area contributed by atoms with Crippen molar-refractivity contribution in [2.24, 2.45) is 0 Å². The predicted octanol–water partition coefficient (Wildman–Crippen LogP) is 3.30. The molecule has 0 unspecified atom stereocenters. The maximum atomic E-state index is 11.9. The molecule has 2 N–H and O–H groups in total. The fourth-order valence-corrected chi connectivity index (χ4v) is 2.38. The molecule has 1 heterocycles. The summed E-state index contributed by atoms with van der Waals surface area (Å²) in [5.74, 6) is 0.797. The van der Waals surface area contributed by atoms with Crippen LogP contribution < -0.4 is 5.32 Å². The first-order valence-corrected chi connectivity index (χ1v) is 7.77. The number of amides is 1. The summed E-state index contributed by atoms with van der Waals surface area (Å²) in [4.78, 5) is 11.9. The molecule has 5 nitrogen and oxygen atoms in total. The zero-order valence-corrected chi connectivity index (χ0v) is 13.1. The summed E-state index contributed by atoms with van der Waals surface area (Å²) in [5.41, 5.74) is 2.38. The molecule has 1 amide bonds. The van der Waals surface area contributed by atoms with Gasteiger partial charge in [0, 0.05) is 18.1 Å². The van der Waals surface area contributed by atoms with Crippen molar-refractivity contribution in [3.05, 3.63) is 71.9 Å². The molecule has 0 fully saturated rings. The van der Waals surface area contributed by atoms with Gasteiger partial charge in [-0.1, -0.05) is 53.7 Å². The summed E-state index contributed by atoms with van der Waals surface area (Å²) in [7, 11) is 0. The van der Waals surface area contributed by atoms with E-state index in [0.29, 0.717) is 30.8 Å². The molecule has 0 aliphatic heterocycles. The van der Waals surface area contributed by atoms with Crippen LogP contribution in [0.15, 0.2) is 65.2 Å². The molecule has 122 valence electrons. The SMILES string of the molecule is O=C(CCc1ccccc1O)NCc1cc(-c2ccccc2)on1. The molecular weight excluding hydrogens is 304 g/mol. The Morgan fingerprint density at radius 3 is 2.62 bits per heavy atom. The smallest absolute Gasteiger partial charge is 0.220 e. The summed E-state index contributed by atoms with van der Waals surface area (Å²) in [6.07, 6.45) is 0.799. The highest BCUT2D eigenvalue weighted by atomic mass is 16.5. The molecule has 24 heavy (non-hydrogen) atoms. The third-order valence-electron chi connectivity index (χ3n) is 3.70. The molecule has 1 aromatic heterocycles. The molecule has 0 saturated heterocycles. The van der Waals surface area contributed by atoms with Crippen molar-refractivity contribution in [2.75, 3.05) is 0 Å². The molecule has 5 heteroatoms. The molecule has 0 aliphatic rings. The van der Waals surface area contributed by atoms with Gasteiger partial charge in [0.25, 0.3) is 0 Å². The molecule has 3 rings (SSSR count). The minimum atomic E-state index is -0.0949. The van der Waals surface area contributed by atoms with E-state index in [9.17, 15) is 9.90 Å². The molecule has 0 aliphatic carbocycles. The van der Waals surface area contributed by atoms with Crippen LogP contribution in [0, 0.1) is 0 Å². The van der Waals surface area contributed by atoms with Crippen LogP contribution in [0.5, 0.6) is 5.75 Å². The van der Waals surface area contributed by atoms with Gasteiger partial charge in [0.15, 0.2) is 5.76 Å². The maximum Gasteiger partial charge on any atom is 0.220 e. The van der Waals surface area contributed by atoms with Gasteiger partial charge < -0.3 is 14.9 Å². The molecule has 0 saturated carbocycles. The Hall–Kier alpha value is -3.08. The number of phenolic OH excluding ortho intramolecular Hbond substituents is 1. The average Bonchev–Trinajstić information content (AvgIpc) is 3.09. The van der Waals surface area contributed by atoms with Gasteiger partial charge >= 0.3 is 0 Å². The number of aromatic nitrogens is 1. The van der Waals surface area contributed by atoms with Crippen molar-refractivity contribution in [3.63, 3.8) is 0 Å². The van der Waals surface area contributed by atoms with E-state index in [0.717, 1.165) is 11.1 Å². The number of hydrogen-bond donors (Lipinski definition) is 2. The zero-order valence-electron chi connectivity index (χ0n) is 13.1. The highest BCUT2D eigenvalue weighted by Gasteiger charge is 2.09. The van der Waals surface area contributed by atoms with Gasteiger partial charge in [0.2, 0.25) is 5.91 Å². The normalized spacial score (nSPS) is 10.5. The van der Waals surface area contributed by atoms with E-state index < -0.39 is 0 Å². The second-order valence-electron chi connectivity index (χ2n) is 5.45. The van der Waals surface area contributed by atoms with Gasteiger partial charge in [-0.15, -0.1) is 0 Å². The van der Waals surface area contributed by atoms with Crippen molar-refractivity contribution >= 4 is 5.91 Å². The molecule has 0 spiro atoms. The largest absolute Gasteiger partial charge is 0.508 e. The summed E-state index contributed by atoms with van der Waals surface area (Å²) in [5, 5.41) is 16.5. The topological polar surface area (TPSA) is 75.4 Å². The van der Waals surface area contributed by atoms with Crippen molar-refractivity contribution < 1.29 is 14.4 Å². The number of benzene rings is 2. The predicted molar refractivity (Wildman–Crippen MR) is 90.2 cm³/mol. The molecule has 2 aromatic carbocycles. The van der Waals surface area contributed by atoms with Crippen molar-refractivity contribution in [3.8, 4) is 17.1 Å². The molecule has 3 aromatic rings. The van der Waals surface area contributed by atoms with Crippen LogP contribution in [0.25, 0.3) is 11.3 Å². The Kier molecular flexibility index (Phi) is 4.91. The minimum Gasteiger partial charge on any atom is -0.508 e. The highest BCUT2D eigenvalue weighted by Crippen LogP contribution is 2.20. The monoisotopic (exact) mass is 322 g/mol. The quantitative estimate of drug-likeness (QED) is 0.730. The van der Waals surface area contributed by atoms with Gasteiger partial charge in [-0.25, -0.2) is 0 Å². The van der Waals surface area contributed by atoms with Gasteiger partial charge in [-0.2, -0.15) is 0 Å². The summed E-state index contributed by atoms with van der Waals surface area (Å²) in [6, 6.07) is 18.5. The van der Waals surface area contributed by atoms with Gasteiger partial charge in [0.05, 0.1) is 6.54 Å². The summed E-state index contributed by atoms with van der Waals surface area (Å²) in [6.45, 7) is 0.315. The lowest BCUT2D eigenvalue weighted by atomic mass is 10.1. The maximum absolute atomic E-state index is 11.9. The number of nitrogens with zero attached hydrogens (tertiary/aromatic N) is 1. The second kappa shape index (κ2) is 7.46. The first kappa shape index (κ1) is 15.8. The summed E-state index contributed by atoms with van der Waals surface area (Å²) < 4.78 is 5.29. The van der Waals surface area contributed by atoms with Crippen LogP contribution in [0.3, 0.4) is 0 Å². The van der Waals surface area contributed by atoms with Gasteiger partial charge in [0.1, 0.15) is 11.4 Å². The van der Waals surface area contributed by atoms with E-state index >= 15 is 0 Å². The molecule has 0 bridgehead atoms. The van der Waals surface area contributed by atoms with E-state index in [4.69, 9.17) is 4.52 Å². The number of phenols is 1. The van der Waals surface area contributed by atoms with Gasteiger partial charge in [-0.3, -0.25) is 4.79 Å². The fourth-order valence-electron chi connectivity index (χ4n) is 2.38. The van der Waals surface area contributed by atoms with Crippen LogP contribution in [0.1, 0.15) is 17.7 Å². The van der Waals surface area contributed by atoms with Crippen LogP contribution in [-0.2, 0) is 17.8 Å². The van der Waals surface area contributed by atoms with E-state index in [1.54, 1.807) is 12.1 Å². The van der Waals surface area contributed by atoms with E-state index in [2.05, 4.69) is 10.5 Å². The van der Waals surface area contributed by atoms with Crippen molar-refractivity contribution in [1.29, 1.82) is 0 Å². The molecule has 0 atom stereocenters. The summed E-state index contributed by atoms with van der Waals surface area (Å²) >= 11 is 0. The van der Waals surface area contributed by atoms with Crippen LogP contribution >= 0.6 is 0 Å². The molecular formula is C19H18N2O3. The number of nitrogens with one attached hydrogen (secondary N) is 1. The van der Waals surface area contributed by atoms with Crippen LogP contribution in [-0.4, -0.2) is 16.2 Å². The second-order valence-corrected chi connectivity index (χ2v) is 5.45. The van der Waals surface area contributed by atoms with E-state index in [1.165, 1.54) is 0 Å². The number of carbonyl (C=O) groups excluding carboxylic acids is 1. The highest BCUT2D eigenvalue weighted by molar-refractivity contribution is 5.76. The number of aromatic hydroxyl groups is 1. The Labute approximate surface area is 139 Å². The first-order valence-electron chi connectivity index (χ1n) is 7.77. The average molecular weight is 322 g/mol. The van der Waals surface area contributed by atoms with Crippen LogP contribution in [0.2, 0.25) is 0 Å². The third-order valence-corrected chi connectivity index (χ3v) is 3.70. The lowest BCUT2D eigenvalue weighted by Crippen LogP contribution is -2.23. The number of para-hydroxylation sites is 1. The Bertz CT molecular complexity index is 812. The lowest BCUT2D eigenvalue weighted by molar-refractivity contribution is -0.121. The zero-order chi connectivity index (χ0) is 16.8. The number of hydrogen-bond acceptors (Lipinski definition) is 4. The standard InChI is InChI=1S/C19H18N2O3/c22-17-9-5-4-6-14(17)10-11-19(23)20-13-16-12-18(24-21-16)15-7-2-1-3-8-15/h1-9,12,22H,10-11,13H2,(H,20,23). The van der Waals surface area contributed by atoms with Gasteiger partial charge in [-0.05, 0) is 18.1 Å². The Morgan fingerprint density at radius 1 is 1.08 bits per heavy atom. The van der Waals surface area contributed by atoms with E-state index in [-0.39, 0.29) is 11.7 Å². The Morgan fingerprint density at radius 2 is 1.83 bits per heavy atom. The van der Waals surface area contributed by atoms with Crippen LogP contribution in [0.4, 0.5) is 0 Å².